The van der Waals surface area contributed by atoms with Crippen LogP contribution in [0.15, 0.2) is 24.3 Å². The second-order valence-electron chi connectivity index (χ2n) is 27.8. The Kier molecular flexibility index (Phi) is 66.6. The molecule has 0 saturated carbocycles. The van der Waals surface area contributed by atoms with Gasteiger partial charge in [0.1, 0.15) is 19.3 Å². The van der Waals surface area contributed by atoms with Gasteiger partial charge in [0.05, 0.1) is 26.4 Å². The van der Waals surface area contributed by atoms with E-state index < -0.39 is 97.5 Å². The number of esters is 4. The van der Waals surface area contributed by atoms with Gasteiger partial charge in [-0.05, 0) is 63.2 Å². The Morgan fingerprint density at radius 1 is 0.344 bits per heavy atom. The molecule has 0 aromatic carbocycles. The lowest BCUT2D eigenvalue weighted by Gasteiger charge is -2.21. The monoisotopic (exact) mass is 1410 g/mol. The maximum absolute atomic E-state index is 13.1. The zero-order valence-electron chi connectivity index (χ0n) is 62.2. The SMILES string of the molecule is CCCCCC/C=C\C=C/CCCCCCCC(=O)OC[C@H](COP(=O)(O)OC[C@@H](O)COP(=O)(O)OC[C@@H](COC(=O)CCCCCCCCC(C)CC)OC(=O)CCCCCCCCCCCCCC)OC(=O)CCCCCCCCCCCCCCCCCCC(C)C. The Bertz CT molecular complexity index is 1950. The normalized spacial score (nSPS) is 14.4. The van der Waals surface area contributed by atoms with Crippen molar-refractivity contribution in [2.75, 3.05) is 39.6 Å². The molecule has 0 radical (unpaired) electrons. The largest absolute Gasteiger partial charge is 0.472 e. The van der Waals surface area contributed by atoms with Gasteiger partial charge in [0.25, 0.3) is 0 Å². The van der Waals surface area contributed by atoms with Crippen LogP contribution in [0.3, 0.4) is 0 Å². The van der Waals surface area contributed by atoms with Crippen molar-refractivity contribution in [3.8, 4) is 0 Å². The van der Waals surface area contributed by atoms with Crippen molar-refractivity contribution in [1.29, 1.82) is 0 Å². The van der Waals surface area contributed by atoms with E-state index in [1.54, 1.807) is 0 Å². The first kappa shape index (κ1) is 93.5. The highest BCUT2D eigenvalue weighted by atomic mass is 31.2. The Morgan fingerprint density at radius 2 is 0.615 bits per heavy atom. The summed E-state index contributed by atoms with van der Waals surface area (Å²) in [5, 5.41) is 10.6. The van der Waals surface area contributed by atoms with Gasteiger partial charge in [0.15, 0.2) is 12.2 Å². The van der Waals surface area contributed by atoms with Gasteiger partial charge in [-0.15, -0.1) is 0 Å². The molecule has 0 aromatic rings. The molecule has 0 bridgehead atoms. The quantitative estimate of drug-likeness (QED) is 0.0169. The highest BCUT2D eigenvalue weighted by Crippen LogP contribution is 2.45. The lowest BCUT2D eigenvalue weighted by Crippen LogP contribution is -2.30. The van der Waals surface area contributed by atoms with Crippen LogP contribution in [-0.4, -0.2) is 96.7 Å². The van der Waals surface area contributed by atoms with Gasteiger partial charge < -0.3 is 33.8 Å². The Labute approximate surface area is 586 Å². The Hall–Kier alpha value is -2.46. The van der Waals surface area contributed by atoms with E-state index >= 15 is 0 Å². The van der Waals surface area contributed by atoms with E-state index in [-0.39, 0.29) is 25.7 Å². The van der Waals surface area contributed by atoms with Gasteiger partial charge in [0, 0.05) is 25.7 Å². The Balaban J connectivity index is 5.27. The fourth-order valence-corrected chi connectivity index (χ4v) is 12.8. The molecule has 17 nitrogen and oxygen atoms in total. The van der Waals surface area contributed by atoms with Crippen LogP contribution in [0.2, 0.25) is 0 Å². The fraction of sp³-hybridized carbons (Fsp3) is 0.896. The minimum atomic E-state index is -4.97. The van der Waals surface area contributed by atoms with E-state index in [1.807, 2.05) is 0 Å². The summed E-state index contributed by atoms with van der Waals surface area (Å²) in [5.41, 5.74) is 0. The lowest BCUT2D eigenvalue weighted by atomic mass is 10.00. The molecular formula is C77H146O17P2. The van der Waals surface area contributed by atoms with Crippen LogP contribution in [-0.2, 0) is 65.4 Å². The molecule has 0 aromatic heterocycles. The van der Waals surface area contributed by atoms with Crippen molar-refractivity contribution < 1.29 is 80.2 Å². The van der Waals surface area contributed by atoms with Crippen molar-refractivity contribution in [1.82, 2.24) is 0 Å². The average Bonchev–Trinajstić information content (AvgIpc) is 1.07. The number of aliphatic hydroxyl groups is 1. The maximum atomic E-state index is 13.1. The summed E-state index contributed by atoms with van der Waals surface area (Å²) in [6.07, 6.45) is 59.1. The van der Waals surface area contributed by atoms with Crippen LogP contribution in [0.1, 0.15) is 375 Å². The second-order valence-corrected chi connectivity index (χ2v) is 30.7. The third-order valence-electron chi connectivity index (χ3n) is 17.7. The van der Waals surface area contributed by atoms with Gasteiger partial charge in [-0.3, -0.25) is 37.3 Å². The summed E-state index contributed by atoms with van der Waals surface area (Å²) in [6, 6.07) is 0. The fourth-order valence-electron chi connectivity index (χ4n) is 11.3. The number of phosphoric ester groups is 2. The first-order valence-corrected chi connectivity index (χ1v) is 42.3. The zero-order valence-corrected chi connectivity index (χ0v) is 63.9. The summed E-state index contributed by atoms with van der Waals surface area (Å²) in [6.45, 7) is 9.52. The topological polar surface area (TPSA) is 237 Å². The summed E-state index contributed by atoms with van der Waals surface area (Å²) in [4.78, 5) is 72.8. The van der Waals surface area contributed by atoms with Crippen LogP contribution in [0.5, 0.6) is 0 Å². The summed E-state index contributed by atoms with van der Waals surface area (Å²) in [7, 11) is -9.92. The second kappa shape index (κ2) is 68.3. The number of carbonyl (C=O) groups excluding carboxylic acids is 4. The number of hydrogen-bond donors (Lipinski definition) is 3. The Morgan fingerprint density at radius 3 is 0.938 bits per heavy atom. The molecule has 0 rings (SSSR count). The predicted molar refractivity (Wildman–Crippen MR) is 391 cm³/mol. The molecule has 19 heteroatoms. The van der Waals surface area contributed by atoms with Crippen molar-refractivity contribution in [3.05, 3.63) is 24.3 Å². The predicted octanol–water partition coefficient (Wildman–Crippen LogP) is 22.3. The molecule has 0 saturated heterocycles. The highest BCUT2D eigenvalue weighted by molar-refractivity contribution is 7.47. The molecule has 3 N–H and O–H groups in total. The van der Waals surface area contributed by atoms with Gasteiger partial charge in [-0.1, -0.05) is 323 Å². The molecule has 3 unspecified atom stereocenters. The molecule has 0 aliphatic carbocycles. The average molecular weight is 1410 g/mol. The van der Waals surface area contributed by atoms with Gasteiger partial charge in [-0.2, -0.15) is 0 Å². The first-order valence-electron chi connectivity index (χ1n) is 39.3. The smallest absolute Gasteiger partial charge is 0.462 e. The molecule has 6 atom stereocenters. The van der Waals surface area contributed by atoms with Crippen molar-refractivity contribution in [2.24, 2.45) is 11.8 Å². The third kappa shape index (κ3) is 68.7. The van der Waals surface area contributed by atoms with E-state index in [1.165, 1.54) is 167 Å². The van der Waals surface area contributed by atoms with Crippen LogP contribution in [0.25, 0.3) is 0 Å². The molecular weight excluding hydrogens is 1260 g/mol. The van der Waals surface area contributed by atoms with Crippen LogP contribution >= 0.6 is 15.6 Å². The highest BCUT2D eigenvalue weighted by Gasteiger charge is 2.30. The van der Waals surface area contributed by atoms with E-state index in [4.69, 9.17) is 37.0 Å². The minimum absolute atomic E-state index is 0.101. The molecule has 0 heterocycles. The molecule has 0 aliphatic heterocycles. The number of ether oxygens (including phenoxy) is 4. The number of phosphoric acid groups is 2. The summed E-state index contributed by atoms with van der Waals surface area (Å²) >= 11 is 0. The molecule has 566 valence electrons. The van der Waals surface area contributed by atoms with Crippen molar-refractivity contribution in [2.45, 2.75) is 394 Å². The number of unbranched alkanes of at least 4 members (excludes halogenated alkanes) is 40. The molecule has 96 heavy (non-hydrogen) atoms. The van der Waals surface area contributed by atoms with E-state index in [0.717, 1.165) is 127 Å². The number of carbonyl (C=O) groups is 4. The third-order valence-corrected chi connectivity index (χ3v) is 19.6. The van der Waals surface area contributed by atoms with Gasteiger partial charge in [-0.25, -0.2) is 9.13 Å². The van der Waals surface area contributed by atoms with E-state index in [9.17, 15) is 43.2 Å². The lowest BCUT2D eigenvalue weighted by molar-refractivity contribution is -0.161. The standard InChI is InChI=1S/C77H146O17P2/c1-7-10-12-14-16-18-20-22-25-29-33-36-40-47-53-59-74(79)87-65-72(93-77(82)62-56-50-42-38-34-30-27-24-23-26-28-31-35-39-45-51-57-69(4)5)67-91-95(83,84)89-63-71(78)64-90-96(85,86)92-68-73(66-88-75(80)60-54-48-44-43-46-52-58-70(6)9-3)94-76(81)61-55-49-41-37-32-21-19-17-15-13-11-8-2/h18,20,22,25,69-73,78H,7-17,19,21,23-24,26-68H2,1-6H3,(H,83,84)(H,85,86)/b20-18-,25-22-/t70?,71-,72-,73-/m1/s1. The molecule has 0 fully saturated rings. The summed E-state index contributed by atoms with van der Waals surface area (Å²) < 4.78 is 68.5. The first-order chi connectivity index (χ1) is 46.4. The van der Waals surface area contributed by atoms with E-state index in [2.05, 4.69) is 65.8 Å². The van der Waals surface area contributed by atoms with Crippen molar-refractivity contribution >= 4 is 39.5 Å². The van der Waals surface area contributed by atoms with Crippen LogP contribution in [0.4, 0.5) is 0 Å². The number of aliphatic hydroxyl groups excluding tert-OH is 1. The van der Waals surface area contributed by atoms with Crippen LogP contribution in [0, 0.1) is 11.8 Å². The zero-order chi connectivity index (χ0) is 70.7. The molecule has 0 spiro atoms. The number of rotatable bonds is 74. The van der Waals surface area contributed by atoms with Gasteiger partial charge in [0.2, 0.25) is 0 Å². The van der Waals surface area contributed by atoms with Crippen molar-refractivity contribution in [3.63, 3.8) is 0 Å². The summed E-state index contributed by atoms with van der Waals surface area (Å²) in [5.74, 6) is -0.608. The van der Waals surface area contributed by atoms with Gasteiger partial charge >= 0.3 is 39.5 Å². The maximum Gasteiger partial charge on any atom is 0.472 e. The minimum Gasteiger partial charge on any atom is -0.462 e. The van der Waals surface area contributed by atoms with Crippen LogP contribution < -0.4 is 0 Å². The number of hydrogen-bond acceptors (Lipinski definition) is 15. The molecule has 0 amide bonds. The number of allylic oxidation sites excluding steroid dienone is 4. The van der Waals surface area contributed by atoms with E-state index in [0.29, 0.717) is 25.7 Å². The molecule has 0 aliphatic rings.